The highest BCUT2D eigenvalue weighted by atomic mass is 79.9. The van der Waals surface area contributed by atoms with Gasteiger partial charge < -0.3 is 10.1 Å². The van der Waals surface area contributed by atoms with Gasteiger partial charge in [0.15, 0.2) is 0 Å². The number of anilines is 1. The topological polar surface area (TPSA) is 21.3 Å². The van der Waals surface area contributed by atoms with Crippen LogP contribution in [0.1, 0.15) is 26.7 Å². The summed E-state index contributed by atoms with van der Waals surface area (Å²) >= 11 is 3.47. The van der Waals surface area contributed by atoms with Gasteiger partial charge in [-0.3, -0.25) is 0 Å². The first kappa shape index (κ1) is 13.4. The highest BCUT2D eigenvalue weighted by Crippen LogP contribution is 2.28. The number of methoxy groups -OCH3 is 1. The van der Waals surface area contributed by atoms with E-state index in [4.69, 9.17) is 4.74 Å². The summed E-state index contributed by atoms with van der Waals surface area (Å²) in [6.07, 6.45) is 2.49. The Balaban J connectivity index is 2.61. The summed E-state index contributed by atoms with van der Waals surface area (Å²) in [5.74, 6) is 1.58. The SMILES string of the molecule is CCCC(C)CNc1cc(Br)ccc1OC. The Kier molecular flexibility index (Phi) is 5.67. The number of nitrogens with one attached hydrogen (secondary N) is 1. The Bertz CT molecular complexity index is 328. The average molecular weight is 286 g/mol. The summed E-state index contributed by atoms with van der Waals surface area (Å²) in [7, 11) is 1.70. The Morgan fingerprint density at radius 2 is 2.19 bits per heavy atom. The zero-order chi connectivity index (χ0) is 12.0. The second-order valence-electron chi connectivity index (χ2n) is 4.12. The second-order valence-corrected chi connectivity index (χ2v) is 5.04. The molecular weight excluding hydrogens is 266 g/mol. The van der Waals surface area contributed by atoms with Crippen molar-refractivity contribution < 1.29 is 4.74 Å². The maximum absolute atomic E-state index is 5.31. The molecule has 1 rings (SSSR count). The van der Waals surface area contributed by atoms with Crippen LogP contribution in [-0.2, 0) is 0 Å². The molecule has 1 unspecified atom stereocenters. The van der Waals surface area contributed by atoms with Gasteiger partial charge in [0, 0.05) is 11.0 Å². The van der Waals surface area contributed by atoms with E-state index < -0.39 is 0 Å². The van der Waals surface area contributed by atoms with Gasteiger partial charge in [-0.1, -0.05) is 36.2 Å². The molecule has 0 spiro atoms. The quantitative estimate of drug-likeness (QED) is 0.841. The van der Waals surface area contributed by atoms with Gasteiger partial charge in [-0.05, 0) is 30.5 Å². The lowest BCUT2D eigenvalue weighted by Gasteiger charge is -2.15. The molecule has 1 N–H and O–H groups in total. The van der Waals surface area contributed by atoms with Crippen LogP contribution < -0.4 is 10.1 Å². The fourth-order valence-electron chi connectivity index (χ4n) is 1.70. The van der Waals surface area contributed by atoms with Crippen molar-refractivity contribution in [3.05, 3.63) is 22.7 Å². The molecule has 1 aromatic rings. The van der Waals surface area contributed by atoms with Crippen LogP contribution in [0.2, 0.25) is 0 Å². The third-order valence-corrected chi connectivity index (χ3v) is 3.08. The molecule has 1 aromatic carbocycles. The molecule has 0 aliphatic rings. The summed E-state index contributed by atoms with van der Waals surface area (Å²) < 4.78 is 6.38. The van der Waals surface area contributed by atoms with Crippen LogP contribution in [0, 0.1) is 5.92 Å². The van der Waals surface area contributed by atoms with Crippen molar-refractivity contribution in [2.75, 3.05) is 19.0 Å². The fraction of sp³-hybridized carbons (Fsp3) is 0.538. The van der Waals surface area contributed by atoms with E-state index in [1.54, 1.807) is 7.11 Å². The zero-order valence-electron chi connectivity index (χ0n) is 10.2. The summed E-state index contributed by atoms with van der Waals surface area (Å²) in [6, 6.07) is 6.01. The van der Waals surface area contributed by atoms with Crippen molar-refractivity contribution in [2.45, 2.75) is 26.7 Å². The van der Waals surface area contributed by atoms with Crippen molar-refractivity contribution in [3.63, 3.8) is 0 Å². The van der Waals surface area contributed by atoms with Crippen molar-refractivity contribution in [1.29, 1.82) is 0 Å². The minimum Gasteiger partial charge on any atom is -0.495 e. The first-order chi connectivity index (χ1) is 7.67. The molecule has 0 aliphatic heterocycles. The van der Waals surface area contributed by atoms with E-state index in [2.05, 4.69) is 41.2 Å². The molecule has 0 saturated heterocycles. The molecule has 0 aliphatic carbocycles. The minimum absolute atomic E-state index is 0.689. The largest absolute Gasteiger partial charge is 0.495 e. The molecule has 0 bridgehead atoms. The third-order valence-electron chi connectivity index (χ3n) is 2.58. The van der Waals surface area contributed by atoms with Gasteiger partial charge in [0.2, 0.25) is 0 Å². The Labute approximate surface area is 107 Å². The van der Waals surface area contributed by atoms with Crippen LogP contribution in [-0.4, -0.2) is 13.7 Å². The van der Waals surface area contributed by atoms with Crippen molar-refractivity contribution in [3.8, 4) is 5.75 Å². The number of hydrogen-bond donors (Lipinski definition) is 1. The molecule has 0 fully saturated rings. The number of ether oxygens (including phenoxy) is 1. The lowest BCUT2D eigenvalue weighted by atomic mass is 10.1. The van der Waals surface area contributed by atoms with Crippen LogP contribution in [0.3, 0.4) is 0 Å². The van der Waals surface area contributed by atoms with E-state index >= 15 is 0 Å². The van der Waals surface area contributed by atoms with Crippen LogP contribution in [0.4, 0.5) is 5.69 Å². The molecule has 90 valence electrons. The normalized spacial score (nSPS) is 12.2. The predicted octanol–water partition coefficient (Wildman–Crippen LogP) is 4.31. The first-order valence-corrected chi connectivity index (χ1v) is 6.54. The number of benzene rings is 1. The number of rotatable bonds is 6. The third kappa shape index (κ3) is 4.05. The first-order valence-electron chi connectivity index (χ1n) is 5.74. The van der Waals surface area contributed by atoms with E-state index in [-0.39, 0.29) is 0 Å². The van der Waals surface area contributed by atoms with Gasteiger partial charge in [-0.15, -0.1) is 0 Å². The van der Waals surface area contributed by atoms with Crippen molar-refractivity contribution in [1.82, 2.24) is 0 Å². The summed E-state index contributed by atoms with van der Waals surface area (Å²) in [5.41, 5.74) is 1.06. The summed E-state index contributed by atoms with van der Waals surface area (Å²) in [5, 5.41) is 3.43. The lowest BCUT2D eigenvalue weighted by molar-refractivity contribution is 0.416. The Hall–Kier alpha value is -0.700. The van der Waals surface area contributed by atoms with E-state index in [1.165, 1.54) is 12.8 Å². The van der Waals surface area contributed by atoms with E-state index in [9.17, 15) is 0 Å². The molecule has 3 heteroatoms. The molecule has 0 radical (unpaired) electrons. The van der Waals surface area contributed by atoms with Gasteiger partial charge in [0.1, 0.15) is 5.75 Å². The monoisotopic (exact) mass is 285 g/mol. The molecular formula is C13H20BrNO. The maximum Gasteiger partial charge on any atom is 0.142 e. The van der Waals surface area contributed by atoms with Gasteiger partial charge >= 0.3 is 0 Å². The van der Waals surface area contributed by atoms with Crippen molar-refractivity contribution in [2.24, 2.45) is 5.92 Å². The van der Waals surface area contributed by atoms with Gasteiger partial charge in [-0.25, -0.2) is 0 Å². The Morgan fingerprint density at radius 3 is 2.81 bits per heavy atom. The molecule has 0 saturated carbocycles. The van der Waals surface area contributed by atoms with Crippen LogP contribution in [0.25, 0.3) is 0 Å². The van der Waals surface area contributed by atoms with Gasteiger partial charge in [0.25, 0.3) is 0 Å². The van der Waals surface area contributed by atoms with Crippen LogP contribution in [0.5, 0.6) is 5.75 Å². The highest BCUT2D eigenvalue weighted by molar-refractivity contribution is 9.10. The maximum atomic E-state index is 5.31. The second kappa shape index (κ2) is 6.79. The Morgan fingerprint density at radius 1 is 1.44 bits per heavy atom. The average Bonchev–Trinajstić information content (AvgIpc) is 2.27. The molecule has 0 aromatic heterocycles. The smallest absolute Gasteiger partial charge is 0.142 e. The molecule has 2 nitrogen and oxygen atoms in total. The summed E-state index contributed by atoms with van der Waals surface area (Å²) in [6.45, 7) is 5.47. The molecule has 16 heavy (non-hydrogen) atoms. The van der Waals surface area contributed by atoms with Gasteiger partial charge in [-0.2, -0.15) is 0 Å². The summed E-state index contributed by atoms with van der Waals surface area (Å²) in [4.78, 5) is 0. The van der Waals surface area contributed by atoms with Crippen molar-refractivity contribution >= 4 is 21.6 Å². The molecule has 0 amide bonds. The number of halogens is 1. The van der Waals surface area contributed by atoms with Gasteiger partial charge in [0.05, 0.1) is 12.8 Å². The van der Waals surface area contributed by atoms with E-state index in [0.29, 0.717) is 5.92 Å². The highest BCUT2D eigenvalue weighted by Gasteiger charge is 2.05. The lowest BCUT2D eigenvalue weighted by Crippen LogP contribution is -2.11. The molecule has 0 heterocycles. The van der Waals surface area contributed by atoms with E-state index in [0.717, 1.165) is 22.5 Å². The standard InChI is InChI=1S/C13H20BrNO/c1-4-5-10(2)9-15-12-8-11(14)6-7-13(12)16-3/h6-8,10,15H,4-5,9H2,1-3H3. The van der Waals surface area contributed by atoms with E-state index in [1.807, 2.05) is 12.1 Å². The number of hydrogen-bond acceptors (Lipinski definition) is 2. The zero-order valence-corrected chi connectivity index (χ0v) is 11.8. The minimum atomic E-state index is 0.689. The van der Waals surface area contributed by atoms with Crippen LogP contribution >= 0.6 is 15.9 Å². The fourth-order valence-corrected chi connectivity index (χ4v) is 2.06. The van der Waals surface area contributed by atoms with Crippen LogP contribution in [0.15, 0.2) is 22.7 Å². The molecule has 1 atom stereocenters. The predicted molar refractivity (Wildman–Crippen MR) is 73.3 cm³/mol.